The Morgan fingerprint density at radius 1 is 1.27 bits per heavy atom. The van der Waals surface area contributed by atoms with E-state index in [1.165, 1.54) is 11.1 Å². The van der Waals surface area contributed by atoms with Gasteiger partial charge >= 0.3 is 0 Å². The fourth-order valence-electron chi connectivity index (χ4n) is 3.83. The average molecular weight is 428 g/mol. The van der Waals surface area contributed by atoms with Crippen molar-refractivity contribution in [3.05, 3.63) is 41.2 Å². The highest BCUT2D eigenvalue weighted by atomic mass is 32.1. The number of carbonyl (C=O) groups is 1. The van der Waals surface area contributed by atoms with Crippen LogP contribution in [-0.2, 0) is 11.3 Å². The summed E-state index contributed by atoms with van der Waals surface area (Å²) in [7, 11) is 0. The molecule has 7 nitrogen and oxygen atoms in total. The van der Waals surface area contributed by atoms with Crippen LogP contribution >= 0.6 is 11.3 Å². The van der Waals surface area contributed by atoms with E-state index in [0.717, 1.165) is 61.2 Å². The maximum atomic E-state index is 13.4. The summed E-state index contributed by atoms with van der Waals surface area (Å²) in [6.07, 6.45) is 2.74. The van der Waals surface area contributed by atoms with Crippen LogP contribution in [0, 0.1) is 13.8 Å². The van der Waals surface area contributed by atoms with Crippen molar-refractivity contribution in [3.8, 4) is 0 Å². The number of hydrogen-bond donors (Lipinski definition) is 0. The van der Waals surface area contributed by atoms with E-state index in [0.29, 0.717) is 12.2 Å². The summed E-state index contributed by atoms with van der Waals surface area (Å²) in [5, 5.41) is 5.18. The van der Waals surface area contributed by atoms with E-state index in [4.69, 9.17) is 9.72 Å². The van der Waals surface area contributed by atoms with Gasteiger partial charge < -0.3 is 4.74 Å². The minimum absolute atomic E-state index is 0.0855. The Bertz CT molecular complexity index is 1020. The minimum atomic E-state index is -0.0855. The van der Waals surface area contributed by atoms with Gasteiger partial charge in [0.2, 0.25) is 0 Å². The Balaban J connectivity index is 1.59. The SMILES string of the molecule is CCn1ccc(C(=O)N(CCCN2CCOCC2)c2nc3cc(C)cc(C)c3s2)n1. The van der Waals surface area contributed by atoms with Crippen molar-refractivity contribution in [2.24, 2.45) is 0 Å². The number of hydrogen-bond acceptors (Lipinski definition) is 6. The molecule has 0 spiro atoms. The number of morpholine rings is 1. The number of thiazole rings is 1. The number of carbonyl (C=O) groups excluding carboxylic acids is 1. The van der Waals surface area contributed by atoms with Crippen molar-refractivity contribution in [1.82, 2.24) is 19.7 Å². The summed E-state index contributed by atoms with van der Waals surface area (Å²) in [6, 6.07) is 6.05. The van der Waals surface area contributed by atoms with Crippen molar-refractivity contribution in [3.63, 3.8) is 0 Å². The highest BCUT2D eigenvalue weighted by molar-refractivity contribution is 7.22. The third kappa shape index (κ3) is 4.55. The molecule has 1 aromatic carbocycles. The predicted molar refractivity (Wildman–Crippen MR) is 121 cm³/mol. The van der Waals surface area contributed by atoms with Gasteiger partial charge in [-0.15, -0.1) is 0 Å². The zero-order chi connectivity index (χ0) is 21.1. The van der Waals surface area contributed by atoms with Crippen LogP contribution in [-0.4, -0.2) is 65.0 Å². The molecule has 0 unspecified atom stereocenters. The van der Waals surface area contributed by atoms with Crippen LogP contribution in [0.5, 0.6) is 0 Å². The molecule has 0 N–H and O–H groups in total. The Morgan fingerprint density at radius 3 is 2.80 bits per heavy atom. The van der Waals surface area contributed by atoms with Gasteiger partial charge in [0, 0.05) is 38.9 Å². The topological polar surface area (TPSA) is 63.5 Å². The molecule has 1 aliphatic rings. The molecular weight excluding hydrogens is 398 g/mol. The second kappa shape index (κ2) is 9.24. The smallest absolute Gasteiger partial charge is 0.280 e. The molecule has 0 saturated carbocycles. The number of aromatic nitrogens is 3. The summed E-state index contributed by atoms with van der Waals surface area (Å²) in [5.74, 6) is -0.0855. The van der Waals surface area contributed by atoms with Crippen LogP contribution in [0.2, 0.25) is 0 Å². The van der Waals surface area contributed by atoms with Crippen LogP contribution < -0.4 is 4.90 Å². The van der Waals surface area contributed by atoms with Gasteiger partial charge in [0.1, 0.15) is 0 Å². The second-order valence-corrected chi connectivity index (χ2v) is 8.73. The summed E-state index contributed by atoms with van der Waals surface area (Å²) in [6.45, 7) is 12.0. The lowest BCUT2D eigenvalue weighted by atomic mass is 10.1. The van der Waals surface area contributed by atoms with E-state index in [1.54, 1.807) is 22.1 Å². The number of rotatable bonds is 7. The largest absolute Gasteiger partial charge is 0.379 e. The van der Waals surface area contributed by atoms with Gasteiger partial charge in [0.05, 0.1) is 23.4 Å². The molecule has 3 heterocycles. The van der Waals surface area contributed by atoms with Gasteiger partial charge in [-0.25, -0.2) is 4.98 Å². The Labute approximate surface area is 181 Å². The molecule has 1 saturated heterocycles. The molecule has 160 valence electrons. The van der Waals surface area contributed by atoms with Crippen molar-refractivity contribution >= 4 is 32.6 Å². The molecule has 2 aromatic heterocycles. The van der Waals surface area contributed by atoms with Crippen molar-refractivity contribution in [1.29, 1.82) is 0 Å². The standard InChI is InChI=1S/C22H29N5O2S/c1-4-26-9-6-18(24-26)21(28)27(8-5-7-25-10-12-29-13-11-25)22-23-19-15-16(2)14-17(3)20(19)30-22/h6,9,14-15H,4-5,7-8,10-13H2,1-3H3. The van der Waals surface area contributed by atoms with Crippen LogP contribution in [0.25, 0.3) is 10.2 Å². The van der Waals surface area contributed by atoms with Gasteiger partial charge in [-0.1, -0.05) is 17.4 Å². The molecule has 0 atom stereocenters. The molecule has 0 radical (unpaired) electrons. The maximum absolute atomic E-state index is 13.4. The summed E-state index contributed by atoms with van der Waals surface area (Å²) < 4.78 is 8.36. The van der Waals surface area contributed by atoms with Crippen molar-refractivity contribution in [2.45, 2.75) is 33.7 Å². The first-order chi connectivity index (χ1) is 14.5. The molecule has 4 rings (SSSR count). The lowest BCUT2D eigenvalue weighted by Crippen LogP contribution is -2.39. The van der Waals surface area contributed by atoms with E-state index in [-0.39, 0.29) is 5.91 Å². The lowest BCUT2D eigenvalue weighted by Gasteiger charge is -2.27. The predicted octanol–water partition coefficient (Wildman–Crippen LogP) is 3.50. The van der Waals surface area contributed by atoms with E-state index in [9.17, 15) is 4.79 Å². The quantitative estimate of drug-likeness (QED) is 0.577. The molecule has 3 aromatic rings. The monoisotopic (exact) mass is 427 g/mol. The molecular formula is C22H29N5O2S. The van der Waals surface area contributed by atoms with Crippen LogP contribution in [0.4, 0.5) is 5.13 Å². The molecule has 1 amide bonds. The molecule has 1 aliphatic heterocycles. The van der Waals surface area contributed by atoms with Gasteiger partial charge in [0.25, 0.3) is 5.91 Å². The molecule has 8 heteroatoms. The van der Waals surface area contributed by atoms with Crippen molar-refractivity contribution < 1.29 is 9.53 Å². The number of ether oxygens (including phenoxy) is 1. The van der Waals surface area contributed by atoms with Crippen LogP contribution in [0.1, 0.15) is 35.0 Å². The first kappa shape index (κ1) is 21.0. The Hall–Kier alpha value is -2.29. The summed E-state index contributed by atoms with van der Waals surface area (Å²) in [5.41, 5.74) is 3.81. The number of amides is 1. The molecule has 0 bridgehead atoms. The number of anilines is 1. The van der Waals surface area contributed by atoms with E-state index < -0.39 is 0 Å². The third-order valence-corrected chi connectivity index (χ3v) is 6.66. The molecule has 1 fully saturated rings. The maximum Gasteiger partial charge on any atom is 0.280 e. The van der Waals surface area contributed by atoms with Gasteiger partial charge in [0.15, 0.2) is 10.8 Å². The zero-order valence-corrected chi connectivity index (χ0v) is 18.7. The van der Waals surface area contributed by atoms with Crippen LogP contribution in [0.3, 0.4) is 0 Å². The van der Waals surface area contributed by atoms with E-state index >= 15 is 0 Å². The fourth-order valence-corrected chi connectivity index (χ4v) is 4.87. The minimum Gasteiger partial charge on any atom is -0.379 e. The zero-order valence-electron chi connectivity index (χ0n) is 17.9. The van der Waals surface area contributed by atoms with Crippen molar-refractivity contribution in [2.75, 3.05) is 44.3 Å². The first-order valence-electron chi connectivity index (χ1n) is 10.6. The second-order valence-electron chi connectivity index (χ2n) is 7.75. The number of nitrogens with zero attached hydrogens (tertiary/aromatic N) is 5. The Morgan fingerprint density at radius 2 is 2.07 bits per heavy atom. The number of benzene rings is 1. The van der Waals surface area contributed by atoms with Crippen LogP contribution in [0.15, 0.2) is 24.4 Å². The lowest BCUT2D eigenvalue weighted by molar-refractivity contribution is 0.0376. The van der Waals surface area contributed by atoms with Gasteiger partial charge in [-0.3, -0.25) is 19.3 Å². The number of fused-ring (bicyclic) bond motifs is 1. The first-order valence-corrected chi connectivity index (χ1v) is 11.4. The number of aryl methyl sites for hydroxylation is 3. The summed E-state index contributed by atoms with van der Waals surface area (Å²) >= 11 is 1.59. The highest BCUT2D eigenvalue weighted by Crippen LogP contribution is 2.32. The van der Waals surface area contributed by atoms with E-state index in [1.807, 2.05) is 18.0 Å². The highest BCUT2D eigenvalue weighted by Gasteiger charge is 2.24. The van der Waals surface area contributed by atoms with Gasteiger partial charge in [-0.05, 0) is 50.5 Å². The Kier molecular flexibility index (Phi) is 6.46. The van der Waals surface area contributed by atoms with E-state index in [2.05, 4.69) is 36.0 Å². The summed E-state index contributed by atoms with van der Waals surface area (Å²) in [4.78, 5) is 22.4. The fraction of sp³-hybridized carbons (Fsp3) is 0.500. The normalized spacial score (nSPS) is 15.0. The molecule has 0 aliphatic carbocycles. The average Bonchev–Trinajstić information content (AvgIpc) is 3.39. The van der Waals surface area contributed by atoms with Gasteiger partial charge in [-0.2, -0.15) is 5.10 Å². The third-order valence-electron chi connectivity index (χ3n) is 5.43. The molecule has 30 heavy (non-hydrogen) atoms.